The zero-order chi connectivity index (χ0) is 27.5. The Labute approximate surface area is 221 Å². The summed E-state index contributed by atoms with van der Waals surface area (Å²) >= 11 is 0. The van der Waals surface area contributed by atoms with Crippen LogP contribution >= 0.6 is 0 Å². The molecule has 2 aliphatic heterocycles. The third kappa shape index (κ3) is 4.63. The highest BCUT2D eigenvalue weighted by Crippen LogP contribution is 2.47. The fourth-order valence-electron chi connectivity index (χ4n) is 5.61. The summed E-state index contributed by atoms with van der Waals surface area (Å²) in [6, 6.07) is 5.44. The van der Waals surface area contributed by atoms with Gasteiger partial charge in [0.1, 0.15) is 17.5 Å². The molecule has 3 fully saturated rings. The van der Waals surface area contributed by atoms with Gasteiger partial charge >= 0.3 is 6.17 Å². The molecule has 2 saturated carbocycles. The third-order valence-corrected chi connectivity index (χ3v) is 8.29. The molecule has 1 aromatic carbocycles. The molecule has 10 heteroatoms. The predicted molar refractivity (Wildman–Crippen MR) is 139 cm³/mol. The lowest BCUT2D eigenvalue weighted by molar-refractivity contribution is -0.139. The van der Waals surface area contributed by atoms with Gasteiger partial charge in [-0.15, -0.1) is 0 Å². The van der Waals surface area contributed by atoms with Gasteiger partial charge in [-0.3, -0.25) is 24.1 Å². The first-order valence-corrected chi connectivity index (χ1v) is 13.3. The fraction of sp³-hybridized carbons (Fsp3) is 0.607. The maximum atomic E-state index is 14.4. The molecule has 2 aliphatic carbocycles. The molecule has 202 valence electrons. The molecule has 1 saturated heterocycles. The van der Waals surface area contributed by atoms with Gasteiger partial charge in [-0.2, -0.15) is 0 Å². The first-order chi connectivity index (χ1) is 17.9. The summed E-state index contributed by atoms with van der Waals surface area (Å²) in [4.78, 5) is 58.5. The van der Waals surface area contributed by atoms with Crippen LogP contribution in [0.4, 0.5) is 10.1 Å². The minimum absolute atomic E-state index is 0.0842. The number of nitrogens with zero attached hydrogens (tertiary/aromatic N) is 2. The SMILES string of the molecule is C#[N+][C@@H]1C[C@@]2(CN1C(=O)[C@H](CC1CC1)NC(=O)[C@@H](NC(=O)C1(F)CC1)C(C)(C)C)C(=O)Nc1ccccc12. The Bertz CT molecular complexity index is 1230. The van der Waals surface area contributed by atoms with Crippen molar-refractivity contribution in [1.82, 2.24) is 15.5 Å². The van der Waals surface area contributed by atoms with Gasteiger partial charge in [-0.05, 0) is 42.2 Å². The maximum Gasteiger partial charge on any atom is 0.350 e. The van der Waals surface area contributed by atoms with Crippen LogP contribution in [-0.2, 0) is 24.6 Å². The van der Waals surface area contributed by atoms with Crippen molar-refractivity contribution in [3.8, 4) is 6.57 Å². The summed E-state index contributed by atoms with van der Waals surface area (Å²) in [5.74, 6) is -1.64. The number of rotatable bonds is 7. The number of carbonyl (C=O) groups is 4. The van der Waals surface area contributed by atoms with Gasteiger partial charge in [0.05, 0.1) is 6.42 Å². The quantitative estimate of drug-likeness (QED) is 0.509. The lowest BCUT2D eigenvalue weighted by Gasteiger charge is -2.33. The summed E-state index contributed by atoms with van der Waals surface area (Å²) in [5.41, 5.74) is -2.13. The number of halogens is 1. The van der Waals surface area contributed by atoms with Gasteiger partial charge < -0.3 is 16.0 Å². The Kier molecular flexibility index (Phi) is 6.24. The summed E-state index contributed by atoms with van der Waals surface area (Å²) in [5, 5.41) is 8.33. The van der Waals surface area contributed by atoms with Crippen LogP contribution < -0.4 is 16.0 Å². The zero-order valence-electron chi connectivity index (χ0n) is 22.1. The Morgan fingerprint density at radius 2 is 1.89 bits per heavy atom. The first kappa shape index (κ1) is 26.1. The lowest BCUT2D eigenvalue weighted by Crippen LogP contribution is -2.59. The van der Waals surface area contributed by atoms with E-state index in [9.17, 15) is 23.6 Å². The van der Waals surface area contributed by atoms with E-state index in [2.05, 4.69) is 20.8 Å². The molecule has 1 aromatic rings. The number of para-hydroxylation sites is 1. The van der Waals surface area contributed by atoms with Crippen LogP contribution in [0.5, 0.6) is 0 Å². The van der Waals surface area contributed by atoms with Crippen molar-refractivity contribution in [3.63, 3.8) is 0 Å². The number of benzene rings is 1. The molecule has 2 heterocycles. The van der Waals surface area contributed by atoms with E-state index in [1.165, 1.54) is 4.90 Å². The van der Waals surface area contributed by atoms with Gasteiger partial charge in [0, 0.05) is 12.2 Å². The van der Waals surface area contributed by atoms with E-state index in [0.29, 0.717) is 12.1 Å². The molecule has 4 aliphatic rings. The van der Waals surface area contributed by atoms with Gasteiger partial charge in [-0.25, -0.2) is 4.39 Å². The van der Waals surface area contributed by atoms with E-state index in [1.54, 1.807) is 20.8 Å². The fourth-order valence-corrected chi connectivity index (χ4v) is 5.61. The van der Waals surface area contributed by atoms with Crippen molar-refractivity contribution in [3.05, 3.63) is 34.7 Å². The topological polar surface area (TPSA) is 112 Å². The van der Waals surface area contributed by atoms with E-state index >= 15 is 0 Å². The lowest BCUT2D eigenvalue weighted by atomic mass is 9.80. The Morgan fingerprint density at radius 1 is 1.21 bits per heavy atom. The number of amides is 4. The van der Waals surface area contributed by atoms with Crippen LogP contribution in [-0.4, -0.2) is 59.0 Å². The minimum atomic E-state index is -1.93. The highest BCUT2D eigenvalue weighted by Gasteiger charge is 2.60. The normalized spacial score (nSPS) is 26.7. The number of nitrogens with one attached hydrogen (secondary N) is 3. The Balaban J connectivity index is 1.37. The van der Waals surface area contributed by atoms with Gasteiger partial charge in [0.2, 0.25) is 11.8 Å². The van der Waals surface area contributed by atoms with Crippen molar-refractivity contribution in [2.75, 3.05) is 11.9 Å². The molecule has 5 rings (SSSR count). The van der Waals surface area contributed by atoms with Crippen molar-refractivity contribution in [2.24, 2.45) is 11.3 Å². The van der Waals surface area contributed by atoms with Crippen molar-refractivity contribution in [2.45, 2.75) is 88.6 Å². The molecule has 9 nitrogen and oxygen atoms in total. The molecular formula is C28H35FN5O4+. The predicted octanol–water partition coefficient (Wildman–Crippen LogP) is 2.72. The number of carbonyl (C=O) groups excluding carboxylic acids is 4. The number of hydrogen-bond acceptors (Lipinski definition) is 4. The third-order valence-electron chi connectivity index (χ3n) is 8.29. The Hall–Kier alpha value is -3.48. The van der Waals surface area contributed by atoms with Crippen LogP contribution in [0.3, 0.4) is 0 Å². The van der Waals surface area contributed by atoms with E-state index < -0.39 is 46.6 Å². The molecule has 0 aromatic heterocycles. The van der Waals surface area contributed by atoms with Crippen LogP contribution in [0.15, 0.2) is 24.3 Å². The molecule has 4 atom stereocenters. The van der Waals surface area contributed by atoms with Crippen molar-refractivity contribution >= 4 is 29.3 Å². The minimum Gasteiger partial charge on any atom is -0.342 e. The van der Waals surface area contributed by atoms with Crippen LogP contribution in [0, 0.1) is 17.9 Å². The number of fused-ring (bicyclic) bond motifs is 2. The highest BCUT2D eigenvalue weighted by atomic mass is 19.1. The monoisotopic (exact) mass is 524 g/mol. The first-order valence-electron chi connectivity index (χ1n) is 13.3. The zero-order valence-corrected chi connectivity index (χ0v) is 22.1. The summed E-state index contributed by atoms with van der Waals surface area (Å²) in [6.45, 7) is 11.1. The van der Waals surface area contributed by atoms with Crippen LogP contribution in [0.25, 0.3) is 4.85 Å². The second-order valence-corrected chi connectivity index (χ2v) is 12.4. The molecule has 38 heavy (non-hydrogen) atoms. The molecule has 4 amide bonds. The standard InChI is InChI=1S/C28H34FN5O4/c1-26(2,3)21(33-25(38)28(29)11-12-28)22(35)31-19(13-16-9-10-16)23(36)34-15-27(14-20(34)30-4)17-7-5-6-8-18(17)32-24(27)37/h4-8,16,19-21H,9-15H2,1-3H3,(H2-,31,32,33,35,37,38)/p+1/t19-,20-,21+,27-/m0/s1. The molecule has 1 spiro atoms. The van der Waals surface area contributed by atoms with Crippen LogP contribution in [0.1, 0.15) is 64.9 Å². The number of anilines is 1. The maximum absolute atomic E-state index is 14.4. The van der Waals surface area contributed by atoms with Crippen molar-refractivity contribution < 1.29 is 23.6 Å². The van der Waals surface area contributed by atoms with Gasteiger partial charge in [0.25, 0.3) is 18.4 Å². The molecule has 0 unspecified atom stereocenters. The average Bonchev–Trinajstić information content (AvgIpc) is 3.78. The number of hydrogen-bond donors (Lipinski definition) is 3. The molecular weight excluding hydrogens is 489 g/mol. The van der Waals surface area contributed by atoms with E-state index in [4.69, 9.17) is 6.57 Å². The molecule has 3 N–H and O–H groups in total. The molecule has 0 radical (unpaired) electrons. The van der Waals surface area contributed by atoms with E-state index in [-0.39, 0.29) is 43.5 Å². The smallest absolute Gasteiger partial charge is 0.342 e. The van der Waals surface area contributed by atoms with Gasteiger partial charge in [-0.1, -0.05) is 56.7 Å². The molecule has 0 bridgehead atoms. The number of alkyl halides is 1. The van der Waals surface area contributed by atoms with E-state index in [1.807, 2.05) is 24.3 Å². The summed E-state index contributed by atoms with van der Waals surface area (Å²) < 4.78 is 14.4. The summed E-state index contributed by atoms with van der Waals surface area (Å²) in [7, 11) is 0. The van der Waals surface area contributed by atoms with Gasteiger partial charge in [0.15, 0.2) is 5.67 Å². The second-order valence-electron chi connectivity index (χ2n) is 12.4. The highest BCUT2D eigenvalue weighted by molar-refractivity contribution is 6.07. The average molecular weight is 525 g/mol. The second kappa shape index (κ2) is 9.07. The van der Waals surface area contributed by atoms with Crippen LogP contribution in [0.2, 0.25) is 0 Å². The van der Waals surface area contributed by atoms with Crippen molar-refractivity contribution in [1.29, 1.82) is 0 Å². The van der Waals surface area contributed by atoms with E-state index in [0.717, 1.165) is 18.4 Å². The Morgan fingerprint density at radius 3 is 2.50 bits per heavy atom. The largest absolute Gasteiger partial charge is 0.350 e. The summed E-state index contributed by atoms with van der Waals surface area (Å²) in [6.07, 6.45) is 2.10. The number of likely N-dealkylation sites (tertiary alicyclic amines) is 1.